The van der Waals surface area contributed by atoms with Gasteiger partial charge in [-0.05, 0) is 30.9 Å². The van der Waals surface area contributed by atoms with Gasteiger partial charge >= 0.3 is 5.97 Å². The van der Waals surface area contributed by atoms with Gasteiger partial charge in [-0.15, -0.1) is 0 Å². The minimum atomic E-state index is -0.183. The third-order valence-electron chi connectivity index (χ3n) is 4.47. The molecule has 0 bridgehead atoms. The number of imidazole rings is 1. The van der Waals surface area contributed by atoms with E-state index in [2.05, 4.69) is 16.8 Å². The number of esters is 1. The number of nitrogens with zero attached hydrogens (tertiary/aromatic N) is 3. The van der Waals surface area contributed by atoms with Crippen molar-refractivity contribution in [1.82, 2.24) is 14.5 Å². The smallest absolute Gasteiger partial charge is 0.309 e. The summed E-state index contributed by atoms with van der Waals surface area (Å²) >= 11 is 6.25. The number of carbonyl (C=O) groups excluding carboxylic acids is 2. The van der Waals surface area contributed by atoms with Crippen LogP contribution in [0.15, 0.2) is 24.5 Å². The Morgan fingerprint density at radius 1 is 1.42 bits per heavy atom. The predicted octanol–water partition coefficient (Wildman–Crippen LogP) is 2.42. The van der Waals surface area contributed by atoms with Gasteiger partial charge in [0, 0.05) is 7.05 Å². The Morgan fingerprint density at radius 2 is 2.23 bits per heavy atom. The molecule has 1 fully saturated rings. The van der Waals surface area contributed by atoms with Gasteiger partial charge in [0.05, 0.1) is 34.4 Å². The van der Waals surface area contributed by atoms with Crippen molar-refractivity contribution in [2.24, 2.45) is 5.92 Å². The van der Waals surface area contributed by atoms with E-state index < -0.39 is 0 Å². The van der Waals surface area contributed by atoms with E-state index in [-0.39, 0.29) is 24.4 Å². The molecule has 1 saturated carbocycles. The maximum absolute atomic E-state index is 12.7. The molecular formula is C19H16ClN3O3. The summed E-state index contributed by atoms with van der Waals surface area (Å²) in [5.74, 6) is 5.51. The summed E-state index contributed by atoms with van der Waals surface area (Å²) in [7, 11) is 1.72. The third-order valence-corrected chi connectivity index (χ3v) is 4.78. The van der Waals surface area contributed by atoms with Gasteiger partial charge in [0.15, 0.2) is 6.61 Å². The molecule has 1 amide bonds. The van der Waals surface area contributed by atoms with Crippen molar-refractivity contribution < 1.29 is 14.3 Å². The second-order valence-corrected chi connectivity index (χ2v) is 6.80. The third kappa shape index (κ3) is 2.95. The Morgan fingerprint density at radius 3 is 3.00 bits per heavy atom. The van der Waals surface area contributed by atoms with E-state index in [4.69, 9.17) is 16.3 Å². The second-order valence-electron chi connectivity index (χ2n) is 6.39. The monoisotopic (exact) mass is 369 g/mol. The quantitative estimate of drug-likeness (QED) is 0.602. The molecule has 2 aliphatic rings. The van der Waals surface area contributed by atoms with E-state index in [1.807, 2.05) is 10.6 Å². The van der Waals surface area contributed by atoms with Gasteiger partial charge in [-0.2, -0.15) is 0 Å². The van der Waals surface area contributed by atoms with Crippen LogP contribution in [0.2, 0.25) is 5.02 Å². The number of hydrogen-bond donors (Lipinski definition) is 0. The standard InChI is InChI=1S/C19H16ClN3O3/c1-22-10-16-14(5-3-9-26-19(25)12-7-8-12)21-11-23(16)15-6-2-4-13(20)17(15)18(22)24/h2,4,6,11-12H,7-10H2,1H3. The summed E-state index contributed by atoms with van der Waals surface area (Å²) in [6.45, 7) is 0.397. The summed E-state index contributed by atoms with van der Waals surface area (Å²) in [4.78, 5) is 30.1. The molecule has 132 valence electrons. The van der Waals surface area contributed by atoms with Crippen LogP contribution in [-0.4, -0.2) is 40.0 Å². The van der Waals surface area contributed by atoms with Crippen LogP contribution in [0.3, 0.4) is 0 Å². The maximum atomic E-state index is 12.7. The molecule has 2 heterocycles. The molecule has 0 saturated heterocycles. The fraction of sp³-hybridized carbons (Fsp3) is 0.316. The number of amides is 1. The van der Waals surface area contributed by atoms with Crippen molar-refractivity contribution in [3.63, 3.8) is 0 Å². The first-order valence-corrected chi connectivity index (χ1v) is 8.70. The van der Waals surface area contributed by atoms with Gasteiger partial charge in [0.25, 0.3) is 5.91 Å². The van der Waals surface area contributed by atoms with Crippen molar-refractivity contribution in [3.8, 4) is 17.5 Å². The zero-order valence-electron chi connectivity index (χ0n) is 14.2. The lowest BCUT2D eigenvalue weighted by Crippen LogP contribution is -2.25. The lowest BCUT2D eigenvalue weighted by atomic mass is 10.1. The summed E-state index contributed by atoms with van der Waals surface area (Å²) in [5.41, 5.74) is 2.48. The highest BCUT2D eigenvalue weighted by Gasteiger charge is 2.31. The molecule has 0 radical (unpaired) electrons. The van der Waals surface area contributed by atoms with Crippen molar-refractivity contribution >= 4 is 23.5 Å². The van der Waals surface area contributed by atoms with Gasteiger partial charge in [0.1, 0.15) is 12.0 Å². The second kappa shape index (κ2) is 6.50. The first kappa shape index (κ1) is 16.7. The number of hydrogen-bond acceptors (Lipinski definition) is 4. The van der Waals surface area contributed by atoms with Gasteiger partial charge in [-0.25, -0.2) is 4.98 Å². The molecule has 26 heavy (non-hydrogen) atoms. The topological polar surface area (TPSA) is 64.4 Å². The Bertz CT molecular complexity index is 966. The van der Waals surface area contributed by atoms with Gasteiger partial charge in [-0.3, -0.25) is 14.2 Å². The van der Waals surface area contributed by atoms with E-state index in [9.17, 15) is 9.59 Å². The van der Waals surface area contributed by atoms with Gasteiger partial charge < -0.3 is 9.64 Å². The summed E-state index contributed by atoms with van der Waals surface area (Å²) < 4.78 is 6.95. The van der Waals surface area contributed by atoms with Crippen molar-refractivity contribution in [2.45, 2.75) is 19.4 Å². The van der Waals surface area contributed by atoms with Crippen LogP contribution in [0.25, 0.3) is 5.69 Å². The first-order chi connectivity index (χ1) is 12.6. The van der Waals surface area contributed by atoms with E-state index >= 15 is 0 Å². The number of aromatic nitrogens is 2. The Hall–Kier alpha value is -2.78. The van der Waals surface area contributed by atoms with Crippen LogP contribution in [0, 0.1) is 17.8 Å². The molecule has 1 aromatic heterocycles. The normalized spacial score (nSPS) is 15.5. The molecule has 6 nitrogen and oxygen atoms in total. The number of rotatable bonds is 2. The molecule has 1 aromatic carbocycles. The molecule has 0 N–H and O–H groups in total. The molecule has 0 unspecified atom stereocenters. The number of fused-ring (bicyclic) bond motifs is 3. The average Bonchev–Trinajstić information content (AvgIpc) is 3.41. The summed E-state index contributed by atoms with van der Waals surface area (Å²) in [6, 6.07) is 5.33. The number of ether oxygens (including phenoxy) is 1. The lowest BCUT2D eigenvalue weighted by Gasteiger charge is -2.14. The molecule has 7 heteroatoms. The zero-order chi connectivity index (χ0) is 18.3. The van der Waals surface area contributed by atoms with E-state index in [0.717, 1.165) is 18.5 Å². The molecule has 0 atom stereocenters. The number of benzene rings is 1. The predicted molar refractivity (Wildman–Crippen MR) is 94.9 cm³/mol. The van der Waals surface area contributed by atoms with E-state index in [0.29, 0.717) is 28.5 Å². The fourth-order valence-electron chi connectivity index (χ4n) is 2.91. The fourth-order valence-corrected chi connectivity index (χ4v) is 3.16. The number of carbonyl (C=O) groups is 2. The minimum absolute atomic E-state index is 0.0405. The van der Waals surface area contributed by atoms with Crippen LogP contribution >= 0.6 is 11.6 Å². The van der Waals surface area contributed by atoms with Crippen molar-refractivity contribution in [1.29, 1.82) is 0 Å². The van der Waals surface area contributed by atoms with Crippen LogP contribution in [0.5, 0.6) is 0 Å². The molecule has 4 rings (SSSR count). The minimum Gasteiger partial charge on any atom is -0.452 e. The molecule has 0 spiro atoms. The van der Waals surface area contributed by atoms with E-state index in [1.54, 1.807) is 30.4 Å². The van der Waals surface area contributed by atoms with Crippen molar-refractivity contribution in [2.75, 3.05) is 13.7 Å². The van der Waals surface area contributed by atoms with Crippen LogP contribution in [-0.2, 0) is 16.1 Å². The first-order valence-electron chi connectivity index (χ1n) is 8.32. The van der Waals surface area contributed by atoms with Crippen molar-refractivity contribution in [3.05, 3.63) is 46.5 Å². The zero-order valence-corrected chi connectivity index (χ0v) is 14.9. The van der Waals surface area contributed by atoms with Crippen LogP contribution in [0.1, 0.15) is 34.6 Å². The Balaban J connectivity index is 1.64. The largest absolute Gasteiger partial charge is 0.452 e. The Kier molecular flexibility index (Phi) is 4.17. The molecule has 1 aliphatic heterocycles. The summed E-state index contributed by atoms with van der Waals surface area (Å²) in [5, 5.41) is 0.403. The van der Waals surface area contributed by atoms with E-state index in [1.165, 1.54) is 0 Å². The highest BCUT2D eigenvalue weighted by Crippen LogP contribution is 2.30. The molecular weight excluding hydrogens is 354 g/mol. The highest BCUT2D eigenvalue weighted by molar-refractivity contribution is 6.34. The maximum Gasteiger partial charge on any atom is 0.309 e. The SMILES string of the molecule is CN1Cc2c(C#CCOC(=O)C3CC3)ncn2-c2cccc(Cl)c2C1=O. The average molecular weight is 370 g/mol. The Labute approximate surface area is 155 Å². The highest BCUT2D eigenvalue weighted by atomic mass is 35.5. The van der Waals surface area contributed by atoms with Gasteiger partial charge in [-0.1, -0.05) is 23.6 Å². The van der Waals surface area contributed by atoms with Crippen LogP contribution in [0.4, 0.5) is 0 Å². The van der Waals surface area contributed by atoms with Gasteiger partial charge in [0.2, 0.25) is 0 Å². The molecule has 1 aliphatic carbocycles. The molecule has 2 aromatic rings. The lowest BCUT2D eigenvalue weighted by molar-refractivity contribution is -0.143. The summed E-state index contributed by atoms with van der Waals surface area (Å²) in [6.07, 6.45) is 3.45. The number of halogens is 1. The van der Waals surface area contributed by atoms with Crippen LogP contribution < -0.4 is 0 Å².